The molecule has 24 heavy (non-hydrogen) atoms. The number of methoxy groups -OCH3 is 1. The third-order valence-electron chi connectivity index (χ3n) is 2.90. The molecule has 0 amide bonds. The zero-order valence-corrected chi connectivity index (χ0v) is 12.1. The van der Waals surface area contributed by atoms with Crippen LogP contribution in [0.1, 0.15) is 21.9 Å². The standard InChI is InChI=1S/C14H10F3NO6/c1-22-13(19)12-5-3-9(24-12)7-23-11-4-2-8(18(20)21)6-10(11)14(15,16)17/h2-6H,7H2,1H3. The number of benzene rings is 1. The Balaban J connectivity index is 2.21. The van der Waals surface area contributed by atoms with Gasteiger partial charge in [0, 0.05) is 12.1 Å². The molecule has 10 heteroatoms. The summed E-state index contributed by atoms with van der Waals surface area (Å²) in [6.07, 6.45) is -4.83. The highest BCUT2D eigenvalue weighted by atomic mass is 19.4. The van der Waals surface area contributed by atoms with Gasteiger partial charge in [-0.1, -0.05) is 0 Å². The predicted molar refractivity (Wildman–Crippen MR) is 72.5 cm³/mol. The normalized spacial score (nSPS) is 11.2. The first-order valence-electron chi connectivity index (χ1n) is 6.38. The molecule has 0 spiro atoms. The SMILES string of the molecule is COC(=O)c1ccc(COc2ccc([N+](=O)[O-])cc2C(F)(F)F)o1. The molecule has 1 aromatic carbocycles. The number of furan rings is 1. The first-order valence-corrected chi connectivity index (χ1v) is 6.38. The van der Waals surface area contributed by atoms with E-state index >= 15 is 0 Å². The Morgan fingerprint density at radius 1 is 1.29 bits per heavy atom. The second-order valence-corrected chi connectivity index (χ2v) is 4.48. The van der Waals surface area contributed by atoms with E-state index in [1.54, 1.807) is 0 Å². The summed E-state index contributed by atoms with van der Waals surface area (Å²) in [5.74, 6) is -1.38. The smallest absolute Gasteiger partial charge is 0.420 e. The Kier molecular flexibility index (Phi) is 4.77. The summed E-state index contributed by atoms with van der Waals surface area (Å²) in [6, 6.07) is 4.75. The fraction of sp³-hybridized carbons (Fsp3) is 0.214. The zero-order chi connectivity index (χ0) is 17.9. The van der Waals surface area contributed by atoms with Crippen molar-refractivity contribution >= 4 is 11.7 Å². The molecular weight excluding hydrogens is 335 g/mol. The van der Waals surface area contributed by atoms with Gasteiger partial charge in [-0.05, 0) is 18.2 Å². The van der Waals surface area contributed by atoms with Crippen molar-refractivity contribution in [1.82, 2.24) is 0 Å². The molecule has 128 valence electrons. The molecule has 2 aromatic rings. The molecule has 0 saturated heterocycles. The molecule has 0 N–H and O–H groups in total. The molecule has 0 aliphatic heterocycles. The van der Waals surface area contributed by atoms with Crippen LogP contribution in [0.15, 0.2) is 34.7 Å². The number of ether oxygens (including phenoxy) is 2. The average Bonchev–Trinajstić information content (AvgIpc) is 3.00. The second kappa shape index (κ2) is 6.60. The molecule has 0 aliphatic carbocycles. The van der Waals surface area contributed by atoms with Crippen molar-refractivity contribution in [2.24, 2.45) is 0 Å². The van der Waals surface area contributed by atoms with E-state index in [1.807, 2.05) is 0 Å². The number of halogens is 3. The summed E-state index contributed by atoms with van der Waals surface area (Å²) in [5, 5.41) is 10.6. The van der Waals surface area contributed by atoms with E-state index in [2.05, 4.69) is 4.74 Å². The molecule has 7 nitrogen and oxygen atoms in total. The number of hydrogen-bond donors (Lipinski definition) is 0. The van der Waals surface area contributed by atoms with Crippen molar-refractivity contribution in [1.29, 1.82) is 0 Å². The number of hydrogen-bond acceptors (Lipinski definition) is 6. The summed E-state index contributed by atoms with van der Waals surface area (Å²) in [6.45, 7) is -0.405. The van der Waals surface area contributed by atoms with Crippen molar-refractivity contribution in [3.05, 3.63) is 57.5 Å². The minimum atomic E-state index is -4.83. The molecule has 0 radical (unpaired) electrons. The molecule has 0 bridgehead atoms. The number of alkyl halides is 3. The third kappa shape index (κ3) is 3.83. The first-order chi connectivity index (χ1) is 11.2. The minimum Gasteiger partial charge on any atom is -0.485 e. The number of carbonyl (C=O) groups excluding carboxylic acids is 1. The molecule has 1 aromatic heterocycles. The van der Waals surface area contributed by atoms with Gasteiger partial charge in [0.05, 0.1) is 12.0 Å². The Morgan fingerprint density at radius 2 is 2.00 bits per heavy atom. The van der Waals surface area contributed by atoms with Crippen LogP contribution in [0.5, 0.6) is 5.75 Å². The van der Waals surface area contributed by atoms with Crippen LogP contribution in [0.3, 0.4) is 0 Å². The van der Waals surface area contributed by atoms with E-state index in [1.165, 1.54) is 12.1 Å². The van der Waals surface area contributed by atoms with Crippen LogP contribution >= 0.6 is 0 Å². The Bertz CT molecular complexity index is 768. The van der Waals surface area contributed by atoms with Crippen LogP contribution in [0.25, 0.3) is 0 Å². The van der Waals surface area contributed by atoms with Gasteiger partial charge >= 0.3 is 12.1 Å². The van der Waals surface area contributed by atoms with Crippen molar-refractivity contribution < 1.29 is 36.8 Å². The lowest BCUT2D eigenvalue weighted by molar-refractivity contribution is -0.385. The quantitative estimate of drug-likeness (QED) is 0.467. The van der Waals surface area contributed by atoms with Crippen molar-refractivity contribution in [3.8, 4) is 5.75 Å². The first kappa shape index (κ1) is 17.3. The Morgan fingerprint density at radius 3 is 2.58 bits per heavy atom. The van der Waals surface area contributed by atoms with Gasteiger partial charge in [0.25, 0.3) is 5.69 Å². The molecule has 2 rings (SSSR count). The molecule has 0 aliphatic rings. The van der Waals surface area contributed by atoms with E-state index in [0.717, 1.165) is 19.2 Å². The summed E-state index contributed by atoms with van der Waals surface area (Å²) in [5.41, 5.74) is -1.99. The van der Waals surface area contributed by atoms with Crippen LogP contribution in [-0.4, -0.2) is 18.0 Å². The summed E-state index contributed by atoms with van der Waals surface area (Å²) in [4.78, 5) is 20.9. The molecule has 0 fully saturated rings. The summed E-state index contributed by atoms with van der Waals surface area (Å²) < 4.78 is 53.5. The molecule has 0 unspecified atom stereocenters. The maximum atomic E-state index is 13.0. The molecule has 1 heterocycles. The second-order valence-electron chi connectivity index (χ2n) is 4.48. The van der Waals surface area contributed by atoms with Gasteiger partial charge in [-0.25, -0.2) is 4.79 Å². The van der Waals surface area contributed by atoms with E-state index in [-0.39, 0.29) is 11.5 Å². The highest BCUT2D eigenvalue weighted by Gasteiger charge is 2.36. The average molecular weight is 345 g/mol. The summed E-state index contributed by atoms with van der Waals surface area (Å²) >= 11 is 0. The molecular formula is C14H10F3NO6. The van der Waals surface area contributed by atoms with Gasteiger partial charge in [0.15, 0.2) is 0 Å². The van der Waals surface area contributed by atoms with E-state index in [9.17, 15) is 28.1 Å². The number of rotatable bonds is 5. The lowest BCUT2D eigenvalue weighted by Crippen LogP contribution is -2.09. The van der Waals surface area contributed by atoms with E-state index in [4.69, 9.17) is 9.15 Å². The highest BCUT2D eigenvalue weighted by molar-refractivity contribution is 5.86. The topological polar surface area (TPSA) is 91.8 Å². The van der Waals surface area contributed by atoms with Crippen molar-refractivity contribution in [2.45, 2.75) is 12.8 Å². The van der Waals surface area contributed by atoms with Crippen molar-refractivity contribution in [2.75, 3.05) is 7.11 Å². The van der Waals surface area contributed by atoms with E-state index in [0.29, 0.717) is 6.07 Å². The fourth-order valence-electron chi connectivity index (χ4n) is 1.79. The van der Waals surface area contributed by atoms with Crippen molar-refractivity contribution in [3.63, 3.8) is 0 Å². The van der Waals surface area contributed by atoms with Crippen LogP contribution in [0, 0.1) is 10.1 Å². The van der Waals surface area contributed by atoms with Crippen LogP contribution < -0.4 is 4.74 Å². The lowest BCUT2D eigenvalue weighted by atomic mass is 10.1. The maximum Gasteiger partial charge on any atom is 0.420 e. The van der Waals surface area contributed by atoms with Gasteiger partial charge in [0.1, 0.15) is 23.7 Å². The number of nitro groups is 1. The number of carbonyl (C=O) groups is 1. The number of nitrogens with zero attached hydrogens (tertiary/aromatic N) is 1. The third-order valence-corrected chi connectivity index (χ3v) is 2.90. The zero-order valence-electron chi connectivity index (χ0n) is 12.1. The number of non-ortho nitro benzene ring substituents is 1. The monoisotopic (exact) mass is 345 g/mol. The number of nitro benzene ring substituents is 1. The highest BCUT2D eigenvalue weighted by Crippen LogP contribution is 2.38. The Labute approximate surface area is 132 Å². The van der Waals surface area contributed by atoms with Gasteiger partial charge < -0.3 is 13.9 Å². The largest absolute Gasteiger partial charge is 0.485 e. The van der Waals surface area contributed by atoms with Gasteiger partial charge in [-0.3, -0.25) is 10.1 Å². The van der Waals surface area contributed by atoms with Gasteiger partial charge in [-0.15, -0.1) is 0 Å². The number of esters is 1. The predicted octanol–water partition coefficient (Wildman–Crippen LogP) is 3.57. The van der Waals surface area contributed by atoms with Crippen LogP contribution in [-0.2, 0) is 17.5 Å². The van der Waals surface area contributed by atoms with E-state index < -0.39 is 40.7 Å². The van der Waals surface area contributed by atoms with Crippen LogP contribution in [0.4, 0.5) is 18.9 Å². The molecule has 0 atom stereocenters. The van der Waals surface area contributed by atoms with Crippen LogP contribution in [0.2, 0.25) is 0 Å². The maximum absolute atomic E-state index is 13.0. The lowest BCUT2D eigenvalue weighted by Gasteiger charge is -2.13. The Hall–Kier alpha value is -3.04. The minimum absolute atomic E-state index is 0.0851. The molecule has 0 saturated carbocycles. The van der Waals surface area contributed by atoms with Gasteiger partial charge in [0.2, 0.25) is 5.76 Å². The fourth-order valence-corrected chi connectivity index (χ4v) is 1.79. The summed E-state index contributed by atoms with van der Waals surface area (Å²) in [7, 11) is 1.15. The van der Waals surface area contributed by atoms with Gasteiger partial charge in [-0.2, -0.15) is 13.2 Å².